The third-order valence-electron chi connectivity index (χ3n) is 7.08. The minimum atomic E-state index is -3.87. The molecule has 1 heterocycles. The van der Waals surface area contributed by atoms with E-state index >= 15 is 0 Å². The molecule has 0 spiro atoms. The van der Waals surface area contributed by atoms with E-state index in [9.17, 15) is 18.3 Å². The Morgan fingerprint density at radius 1 is 1.12 bits per heavy atom. The molecule has 1 aliphatic heterocycles. The molecule has 0 saturated carbocycles. The maximum Gasteiger partial charge on any atom is 0.261 e. The second-order valence-electron chi connectivity index (χ2n) is 10.5. The molecule has 214 valence electrons. The Morgan fingerprint density at radius 2 is 1.82 bits per heavy atom. The zero-order valence-electron chi connectivity index (χ0n) is 23.0. The molecule has 3 aromatic rings. The van der Waals surface area contributed by atoms with Gasteiger partial charge in [0.1, 0.15) is 11.9 Å². The van der Waals surface area contributed by atoms with E-state index in [0.29, 0.717) is 35.1 Å². The van der Waals surface area contributed by atoms with Gasteiger partial charge in [-0.15, -0.1) is 0 Å². The molecular formula is C30H36ClN3O5S. The molecule has 1 aliphatic rings. The molecule has 10 heteroatoms. The second kappa shape index (κ2) is 13.0. The van der Waals surface area contributed by atoms with Crippen LogP contribution < -0.4 is 9.46 Å². The normalized spacial score (nSPS) is 18.8. The molecule has 3 atom stereocenters. The van der Waals surface area contributed by atoms with Gasteiger partial charge in [-0.3, -0.25) is 14.4 Å². The molecular weight excluding hydrogens is 550 g/mol. The fourth-order valence-electron chi connectivity index (χ4n) is 4.81. The number of fused-ring (bicyclic) bond motifs is 1. The Kier molecular flexibility index (Phi) is 9.73. The Morgan fingerprint density at radius 3 is 2.50 bits per heavy atom. The summed E-state index contributed by atoms with van der Waals surface area (Å²) in [5.41, 5.74) is 2.07. The number of rotatable bonds is 9. The molecule has 0 aliphatic carbocycles. The molecule has 40 heavy (non-hydrogen) atoms. The minimum absolute atomic E-state index is 0.00941. The van der Waals surface area contributed by atoms with Crippen molar-refractivity contribution in [2.45, 2.75) is 43.9 Å². The average Bonchev–Trinajstić information content (AvgIpc) is 2.96. The van der Waals surface area contributed by atoms with Crippen LogP contribution in [-0.4, -0.2) is 68.1 Å². The Balaban J connectivity index is 1.63. The van der Waals surface area contributed by atoms with Crippen LogP contribution in [0.2, 0.25) is 5.02 Å². The van der Waals surface area contributed by atoms with Gasteiger partial charge in [0.2, 0.25) is 5.91 Å². The molecule has 0 radical (unpaired) electrons. The zero-order valence-corrected chi connectivity index (χ0v) is 24.5. The average molecular weight is 586 g/mol. The van der Waals surface area contributed by atoms with Crippen molar-refractivity contribution in [2.75, 3.05) is 31.5 Å². The number of aliphatic hydroxyl groups excluding tert-OH is 1. The molecule has 8 nitrogen and oxygen atoms in total. The lowest BCUT2D eigenvalue weighted by atomic mass is 10.0. The SMILES string of the molecule is C[C@@H]1CN([C@@H](C)CO)C(=O)Cc2cc(NS(=O)(=O)c3ccc(Cl)cc3)ccc2O[C@H]1CN(C)Cc1ccccc1. The van der Waals surface area contributed by atoms with E-state index < -0.39 is 10.0 Å². The van der Waals surface area contributed by atoms with E-state index in [0.717, 1.165) is 6.54 Å². The van der Waals surface area contributed by atoms with E-state index in [4.69, 9.17) is 16.3 Å². The predicted molar refractivity (Wildman–Crippen MR) is 157 cm³/mol. The van der Waals surface area contributed by atoms with Crippen LogP contribution in [0.3, 0.4) is 0 Å². The first-order chi connectivity index (χ1) is 19.1. The van der Waals surface area contributed by atoms with E-state index in [1.807, 2.05) is 39.1 Å². The van der Waals surface area contributed by atoms with Crippen molar-refractivity contribution in [1.29, 1.82) is 0 Å². The van der Waals surface area contributed by atoms with Gasteiger partial charge in [0.05, 0.1) is 24.0 Å². The molecule has 1 amide bonds. The summed E-state index contributed by atoms with van der Waals surface area (Å²) >= 11 is 5.91. The van der Waals surface area contributed by atoms with Gasteiger partial charge < -0.3 is 14.7 Å². The highest BCUT2D eigenvalue weighted by molar-refractivity contribution is 7.92. The minimum Gasteiger partial charge on any atom is -0.488 e. The van der Waals surface area contributed by atoms with Gasteiger partial charge >= 0.3 is 0 Å². The number of carbonyl (C=O) groups excluding carboxylic acids is 1. The molecule has 3 aromatic carbocycles. The lowest BCUT2D eigenvalue weighted by molar-refractivity contribution is -0.134. The van der Waals surface area contributed by atoms with Crippen LogP contribution in [-0.2, 0) is 27.8 Å². The summed E-state index contributed by atoms with van der Waals surface area (Å²) in [6, 6.07) is 20.7. The number of anilines is 1. The van der Waals surface area contributed by atoms with Crippen molar-refractivity contribution < 1.29 is 23.1 Å². The van der Waals surface area contributed by atoms with Crippen molar-refractivity contribution in [3.63, 3.8) is 0 Å². The van der Waals surface area contributed by atoms with Crippen molar-refractivity contribution in [3.8, 4) is 5.75 Å². The molecule has 0 unspecified atom stereocenters. The van der Waals surface area contributed by atoms with E-state index in [2.05, 4.69) is 21.8 Å². The van der Waals surface area contributed by atoms with Crippen LogP contribution >= 0.6 is 11.6 Å². The standard InChI is InChI=1S/C30H36ClN3O5S/c1-21-17-34(22(2)20-35)30(36)16-24-15-26(32-40(37,38)27-12-9-25(31)10-13-27)11-14-28(24)39-29(21)19-33(3)18-23-7-5-4-6-8-23/h4-15,21-22,29,32,35H,16-20H2,1-3H3/t21-,22+,29+/m1/s1. The summed E-state index contributed by atoms with van der Waals surface area (Å²) in [5, 5.41) is 10.3. The molecule has 2 N–H and O–H groups in total. The van der Waals surface area contributed by atoms with E-state index in [-0.39, 0.29) is 41.9 Å². The third kappa shape index (κ3) is 7.54. The number of hydrogen-bond acceptors (Lipinski definition) is 6. The third-order valence-corrected chi connectivity index (χ3v) is 8.73. The summed E-state index contributed by atoms with van der Waals surface area (Å²) in [6.45, 7) is 5.47. The number of nitrogens with zero attached hydrogens (tertiary/aromatic N) is 2. The fraction of sp³-hybridized carbons (Fsp3) is 0.367. The summed E-state index contributed by atoms with van der Waals surface area (Å²) < 4.78 is 35.1. The van der Waals surface area contributed by atoms with Crippen molar-refractivity contribution >= 4 is 33.2 Å². The predicted octanol–water partition coefficient (Wildman–Crippen LogP) is 4.42. The number of amides is 1. The lowest BCUT2D eigenvalue weighted by Crippen LogP contribution is -2.47. The van der Waals surface area contributed by atoms with Crippen molar-refractivity contribution in [3.05, 3.63) is 88.9 Å². The van der Waals surface area contributed by atoms with Gasteiger partial charge in [-0.25, -0.2) is 8.42 Å². The van der Waals surface area contributed by atoms with Crippen LogP contribution in [0.15, 0.2) is 77.7 Å². The highest BCUT2D eigenvalue weighted by Gasteiger charge is 2.31. The molecule has 0 fully saturated rings. The number of halogens is 1. The number of ether oxygens (including phenoxy) is 1. The first-order valence-corrected chi connectivity index (χ1v) is 15.1. The van der Waals surface area contributed by atoms with Crippen molar-refractivity contribution in [1.82, 2.24) is 9.80 Å². The summed E-state index contributed by atoms with van der Waals surface area (Å²) in [4.78, 5) is 17.4. The highest BCUT2D eigenvalue weighted by Crippen LogP contribution is 2.30. The van der Waals surface area contributed by atoms with Crippen LogP contribution in [0.1, 0.15) is 25.0 Å². The number of carbonyl (C=O) groups is 1. The molecule has 0 bridgehead atoms. The number of sulfonamides is 1. The van der Waals surface area contributed by atoms with Gasteiger partial charge in [0.25, 0.3) is 10.0 Å². The first-order valence-electron chi connectivity index (χ1n) is 13.3. The van der Waals surface area contributed by atoms with Gasteiger partial charge in [-0.05, 0) is 62.0 Å². The van der Waals surface area contributed by atoms with Gasteiger partial charge in [-0.2, -0.15) is 0 Å². The quantitative estimate of drug-likeness (QED) is 0.386. The molecule has 4 rings (SSSR count). The van der Waals surface area contributed by atoms with Gasteiger partial charge in [0.15, 0.2) is 0 Å². The fourth-order valence-corrected chi connectivity index (χ4v) is 5.98. The summed E-state index contributed by atoms with van der Waals surface area (Å²) in [5.74, 6) is 0.339. The lowest BCUT2D eigenvalue weighted by Gasteiger charge is -2.34. The van der Waals surface area contributed by atoms with Crippen LogP contribution in [0.4, 0.5) is 5.69 Å². The molecule has 0 aromatic heterocycles. The number of likely N-dealkylation sites (N-methyl/N-ethyl adjacent to an activating group) is 1. The van der Waals surface area contributed by atoms with E-state index in [1.165, 1.54) is 29.8 Å². The second-order valence-corrected chi connectivity index (χ2v) is 12.6. The molecule has 0 saturated heterocycles. The largest absolute Gasteiger partial charge is 0.488 e. The maximum atomic E-state index is 13.4. The maximum absolute atomic E-state index is 13.4. The Bertz CT molecular complexity index is 1400. The number of hydrogen-bond donors (Lipinski definition) is 2. The van der Waals surface area contributed by atoms with Gasteiger partial charge in [-0.1, -0.05) is 48.9 Å². The number of aliphatic hydroxyl groups is 1. The Hall–Kier alpha value is -3.11. The summed E-state index contributed by atoms with van der Waals surface area (Å²) in [6.07, 6.45) is -0.251. The smallest absolute Gasteiger partial charge is 0.261 e. The van der Waals surface area contributed by atoms with Crippen LogP contribution in [0.5, 0.6) is 5.75 Å². The first kappa shape index (κ1) is 29.9. The van der Waals surface area contributed by atoms with Crippen LogP contribution in [0.25, 0.3) is 0 Å². The zero-order chi connectivity index (χ0) is 28.9. The topological polar surface area (TPSA) is 99.2 Å². The summed E-state index contributed by atoms with van der Waals surface area (Å²) in [7, 11) is -1.84. The monoisotopic (exact) mass is 585 g/mol. The number of nitrogens with one attached hydrogen (secondary N) is 1. The number of benzene rings is 3. The van der Waals surface area contributed by atoms with Crippen LogP contribution in [0, 0.1) is 5.92 Å². The van der Waals surface area contributed by atoms with Gasteiger partial charge in [0, 0.05) is 41.8 Å². The van der Waals surface area contributed by atoms with Crippen molar-refractivity contribution in [2.24, 2.45) is 5.92 Å². The Labute approximate surface area is 241 Å². The van der Waals surface area contributed by atoms with E-state index in [1.54, 1.807) is 23.1 Å². The highest BCUT2D eigenvalue weighted by atomic mass is 35.5.